The van der Waals surface area contributed by atoms with E-state index in [0.717, 1.165) is 0 Å². The van der Waals surface area contributed by atoms with Gasteiger partial charge in [0.2, 0.25) is 0 Å². The van der Waals surface area contributed by atoms with Gasteiger partial charge in [-0.1, -0.05) is 0 Å². The Bertz CT molecular complexity index is 294. The number of aromatic hydroxyl groups is 1. The van der Waals surface area contributed by atoms with Crippen molar-refractivity contribution in [3.05, 3.63) is 23.5 Å². The molecule has 0 bridgehead atoms. The molecule has 3 nitrogen and oxygen atoms in total. The van der Waals surface area contributed by atoms with Crippen LogP contribution in [0.5, 0.6) is 5.75 Å². The summed E-state index contributed by atoms with van der Waals surface area (Å²) in [5.41, 5.74) is 0.815. The molecule has 1 rings (SSSR count). The Balaban J connectivity index is 3.27. The number of hydrogen-bond donors (Lipinski definition) is 1. The number of rotatable bonds is 1. The molecule has 0 aromatic carbocycles. The topological polar surface area (TPSA) is 50.2 Å². The number of ketones is 1. The van der Waals surface area contributed by atoms with Crippen LogP contribution in [-0.2, 0) is 0 Å². The standard InChI is InChI=1S/C8H9NO2/c1-5-3-4-9-7(6(2)10)8(5)11/h3-4,11H,1-2H3. The van der Waals surface area contributed by atoms with Crippen molar-refractivity contribution < 1.29 is 9.90 Å². The van der Waals surface area contributed by atoms with Crippen molar-refractivity contribution in [3.63, 3.8) is 0 Å². The Hall–Kier alpha value is -1.38. The van der Waals surface area contributed by atoms with Gasteiger partial charge < -0.3 is 5.11 Å². The second-order valence-electron chi connectivity index (χ2n) is 2.38. The monoisotopic (exact) mass is 151 g/mol. The van der Waals surface area contributed by atoms with Crippen LogP contribution in [0.3, 0.4) is 0 Å². The number of nitrogens with zero attached hydrogens (tertiary/aromatic N) is 1. The van der Waals surface area contributed by atoms with Crippen LogP contribution in [0.4, 0.5) is 0 Å². The van der Waals surface area contributed by atoms with E-state index in [1.165, 1.54) is 13.1 Å². The van der Waals surface area contributed by atoms with Crippen LogP contribution in [0.25, 0.3) is 0 Å². The zero-order valence-electron chi connectivity index (χ0n) is 6.46. The Kier molecular flexibility index (Phi) is 1.89. The molecule has 0 amide bonds. The first-order valence-electron chi connectivity index (χ1n) is 3.28. The molecular weight excluding hydrogens is 142 g/mol. The molecule has 0 spiro atoms. The van der Waals surface area contributed by atoms with Crippen LogP contribution in [0.1, 0.15) is 23.0 Å². The minimum atomic E-state index is -0.216. The SMILES string of the molecule is CC(=O)c1nccc(C)c1O. The number of pyridine rings is 1. The van der Waals surface area contributed by atoms with Gasteiger partial charge in [-0.05, 0) is 18.6 Å². The third kappa shape index (κ3) is 1.37. The molecule has 1 N–H and O–H groups in total. The highest BCUT2D eigenvalue weighted by atomic mass is 16.3. The van der Waals surface area contributed by atoms with Gasteiger partial charge in [-0.25, -0.2) is 4.98 Å². The fraction of sp³-hybridized carbons (Fsp3) is 0.250. The Morgan fingerprint density at radius 2 is 2.27 bits per heavy atom. The van der Waals surface area contributed by atoms with Gasteiger partial charge >= 0.3 is 0 Å². The highest BCUT2D eigenvalue weighted by Crippen LogP contribution is 2.18. The van der Waals surface area contributed by atoms with Crippen LogP contribution in [-0.4, -0.2) is 15.9 Å². The van der Waals surface area contributed by atoms with E-state index in [4.69, 9.17) is 0 Å². The predicted molar refractivity (Wildman–Crippen MR) is 40.6 cm³/mol. The first kappa shape index (κ1) is 7.72. The third-order valence-corrected chi connectivity index (χ3v) is 1.46. The number of hydrogen-bond acceptors (Lipinski definition) is 3. The van der Waals surface area contributed by atoms with E-state index in [2.05, 4.69) is 4.98 Å². The van der Waals surface area contributed by atoms with Crippen molar-refractivity contribution in [2.75, 3.05) is 0 Å². The summed E-state index contributed by atoms with van der Waals surface area (Å²) in [6.45, 7) is 3.10. The number of carbonyl (C=O) groups is 1. The van der Waals surface area contributed by atoms with Crippen molar-refractivity contribution in [2.24, 2.45) is 0 Å². The fourth-order valence-corrected chi connectivity index (χ4v) is 0.808. The number of aryl methyl sites for hydroxylation is 1. The van der Waals surface area contributed by atoms with Crippen LogP contribution in [0.15, 0.2) is 12.3 Å². The molecule has 0 aliphatic carbocycles. The van der Waals surface area contributed by atoms with Crippen LogP contribution in [0.2, 0.25) is 0 Å². The smallest absolute Gasteiger partial charge is 0.181 e. The second-order valence-corrected chi connectivity index (χ2v) is 2.38. The lowest BCUT2D eigenvalue weighted by molar-refractivity contribution is 0.101. The first-order valence-corrected chi connectivity index (χ1v) is 3.28. The van der Waals surface area contributed by atoms with E-state index in [1.807, 2.05) is 0 Å². The van der Waals surface area contributed by atoms with E-state index in [1.54, 1.807) is 13.0 Å². The lowest BCUT2D eigenvalue weighted by Gasteiger charge is -2.00. The normalized spacial score (nSPS) is 9.64. The Morgan fingerprint density at radius 1 is 1.64 bits per heavy atom. The average molecular weight is 151 g/mol. The quantitative estimate of drug-likeness (QED) is 0.615. The summed E-state index contributed by atoms with van der Waals surface area (Å²) in [4.78, 5) is 14.5. The molecule has 3 heteroatoms. The molecule has 1 aromatic heterocycles. The zero-order valence-corrected chi connectivity index (χ0v) is 6.46. The maximum Gasteiger partial charge on any atom is 0.181 e. The van der Waals surface area contributed by atoms with Gasteiger partial charge in [0.05, 0.1) is 0 Å². The van der Waals surface area contributed by atoms with Gasteiger partial charge in [0, 0.05) is 13.1 Å². The molecule has 1 aromatic rings. The lowest BCUT2D eigenvalue weighted by Crippen LogP contribution is -1.97. The number of carbonyl (C=O) groups excluding carboxylic acids is 1. The highest BCUT2D eigenvalue weighted by Gasteiger charge is 2.08. The van der Waals surface area contributed by atoms with E-state index in [-0.39, 0.29) is 17.2 Å². The van der Waals surface area contributed by atoms with Crippen molar-refractivity contribution in [1.29, 1.82) is 0 Å². The minimum absolute atomic E-state index is 0.0139. The predicted octanol–water partition coefficient (Wildman–Crippen LogP) is 1.30. The summed E-state index contributed by atoms with van der Waals surface area (Å²) < 4.78 is 0. The number of aromatic nitrogens is 1. The zero-order chi connectivity index (χ0) is 8.43. The summed E-state index contributed by atoms with van der Waals surface area (Å²) in [6, 6.07) is 1.65. The van der Waals surface area contributed by atoms with Gasteiger partial charge in [0.25, 0.3) is 0 Å². The summed E-state index contributed by atoms with van der Waals surface area (Å²) >= 11 is 0. The molecule has 0 saturated heterocycles. The first-order chi connectivity index (χ1) is 5.13. The molecule has 11 heavy (non-hydrogen) atoms. The Morgan fingerprint density at radius 3 is 2.73 bits per heavy atom. The van der Waals surface area contributed by atoms with E-state index >= 15 is 0 Å². The number of Topliss-reactive ketones (excluding diaryl/α,β-unsaturated/α-hetero) is 1. The molecule has 1 heterocycles. The minimum Gasteiger partial charge on any atom is -0.505 e. The van der Waals surface area contributed by atoms with Crippen molar-refractivity contribution in [3.8, 4) is 5.75 Å². The summed E-state index contributed by atoms with van der Waals surface area (Å²) in [5, 5.41) is 9.28. The average Bonchev–Trinajstić information content (AvgIpc) is 1.94. The van der Waals surface area contributed by atoms with E-state index in [9.17, 15) is 9.90 Å². The molecule has 58 valence electrons. The van der Waals surface area contributed by atoms with Gasteiger partial charge in [0.1, 0.15) is 11.4 Å². The molecule has 0 unspecified atom stereocenters. The summed E-state index contributed by atoms with van der Waals surface area (Å²) in [6.07, 6.45) is 1.51. The van der Waals surface area contributed by atoms with Gasteiger partial charge in [-0.3, -0.25) is 4.79 Å². The fourth-order valence-electron chi connectivity index (χ4n) is 0.808. The third-order valence-electron chi connectivity index (χ3n) is 1.46. The van der Waals surface area contributed by atoms with E-state index < -0.39 is 0 Å². The van der Waals surface area contributed by atoms with Crippen molar-refractivity contribution in [1.82, 2.24) is 4.98 Å². The van der Waals surface area contributed by atoms with Crippen LogP contribution in [0, 0.1) is 6.92 Å². The molecule has 0 aliphatic rings. The molecule has 0 radical (unpaired) electrons. The van der Waals surface area contributed by atoms with Crippen molar-refractivity contribution >= 4 is 5.78 Å². The summed E-state index contributed by atoms with van der Waals surface area (Å²) in [7, 11) is 0. The second kappa shape index (κ2) is 2.70. The largest absolute Gasteiger partial charge is 0.505 e. The van der Waals surface area contributed by atoms with E-state index in [0.29, 0.717) is 5.56 Å². The Labute approximate surface area is 64.7 Å². The van der Waals surface area contributed by atoms with Crippen LogP contribution < -0.4 is 0 Å². The highest BCUT2D eigenvalue weighted by molar-refractivity contribution is 5.94. The molecule has 0 atom stereocenters. The molecule has 0 saturated carbocycles. The maximum atomic E-state index is 10.8. The lowest BCUT2D eigenvalue weighted by atomic mass is 10.2. The molecular formula is C8H9NO2. The molecule has 0 aliphatic heterocycles. The van der Waals surface area contributed by atoms with Gasteiger partial charge in [0.15, 0.2) is 5.78 Å². The van der Waals surface area contributed by atoms with Gasteiger partial charge in [-0.15, -0.1) is 0 Å². The summed E-state index contributed by atoms with van der Waals surface area (Å²) in [5.74, 6) is -0.230. The molecule has 0 fully saturated rings. The maximum absolute atomic E-state index is 10.8. The van der Waals surface area contributed by atoms with Crippen molar-refractivity contribution in [2.45, 2.75) is 13.8 Å². The van der Waals surface area contributed by atoms with Crippen LogP contribution >= 0.6 is 0 Å². The van der Waals surface area contributed by atoms with Gasteiger partial charge in [-0.2, -0.15) is 0 Å².